The number of anilines is 1. The van der Waals surface area contributed by atoms with Crippen molar-refractivity contribution in [3.05, 3.63) is 68.1 Å². The lowest BCUT2D eigenvalue weighted by Crippen LogP contribution is -2.39. The number of hydrogen-bond donors (Lipinski definition) is 1. The van der Waals surface area contributed by atoms with E-state index in [-0.39, 0.29) is 40.6 Å². The number of thiazole rings is 1. The molecule has 3 aliphatic heterocycles. The van der Waals surface area contributed by atoms with Crippen molar-refractivity contribution in [2.24, 2.45) is 5.92 Å². The maximum atomic E-state index is 14.0. The predicted molar refractivity (Wildman–Crippen MR) is 152 cm³/mol. The second-order valence-corrected chi connectivity index (χ2v) is 12.5. The molecule has 9 nitrogen and oxygen atoms in total. The molecular formula is C29H29N3O6S2. The minimum absolute atomic E-state index is 0.0544. The summed E-state index contributed by atoms with van der Waals surface area (Å²) < 4.78 is 6.81. The number of ether oxygens (including phenoxy) is 1. The van der Waals surface area contributed by atoms with E-state index in [4.69, 9.17) is 4.74 Å². The zero-order valence-corrected chi connectivity index (χ0v) is 23.8. The summed E-state index contributed by atoms with van der Waals surface area (Å²) in [6, 6.07) is 12.1. The van der Waals surface area contributed by atoms with Crippen molar-refractivity contribution < 1.29 is 24.2 Å². The van der Waals surface area contributed by atoms with Crippen LogP contribution in [0.15, 0.2) is 52.3 Å². The number of fused-ring (bicyclic) bond motifs is 2. The average molecular weight is 580 g/mol. The number of aryl methyl sites for hydroxylation is 1. The fourth-order valence-electron chi connectivity index (χ4n) is 5.83. The normalized spacial score (nSPS) is 22.3. The Labute approximate surface area is 239 Å². The Bertz CT molecular complexity index is 1560. The van der Waals surface area contributed by atoms with Crippen LogP contribution in [0.2, 0.25) is 0 Å². The summed E-state index contributed by atoms with van der Waals surface area (Å²) in [7, 11) is 1.44. The van der Waals surface area contributed by atoms with Crippen molar-refractivity contribution >= 4 is 46.5 Å². The molecule has 3 atom stereocenters. The van der Waals surface area contributed by atoms with E-state index in [0.29, 0.717) is 34.2 Å². The van der Waals surface area contributed by atoms with Gasteiger partial charge in [0.2, 0.25) is 17.7 Å². The van der Waals surface area contributed by atoms with Gasteiger partial charge in [-0.2, -0.15) is 0 Å². The highest BCUT2D eigenvalue weighted by Crippen LogP contribution is 2.54. The molecule has 0 aliphatic carbocycles. The first-order valence-corrected chi connectivity index (χ1v) is 15.0. The van der Waals surface area contributed by atoms with Crippen LogP contribution < -0.4 is 14.5 Å². The molecule has 208 valence electrons. The summed E-state index contributed by atoms with van der Waals surface area (Å²) >= 11 is 2.21. The number of likely N-dealkylation sites (tertiary alicyclic amines) is 1. The lowest BCUT2D eigenvalue weighted by Gasteiger charge is -2.31. The molecule has 2 fully saturated rings. The van der Waals surface area contributed by atoms with Gasteiger partial charge in [0.1, 0.15) is 11.8 Å². The van der Waals surface area contributed by atoms with Gasteiger partial charge in [0.25, 0.3) is 0 Å². The number of aromatic nitrogens is 1. The first-order valence-electron chi connectivity index (χ1n) is 13.3. The van der Waals surface area contributed by atoms with E-state index in [9.17, 15) is 24.3 Å². The Morgan fingerprint density at radius 3 is 2.45 bits per heavy atom. The van der Waals surface area contributed by atoms with Gasteiger partial charge >= 0.3 is 4.87 Å². The summed E-state index contributed by atoms with van der Waals surface area (Å²) in [6.07, 6.45) is 2.97. The van der Waals surface area contributed by atoms with Gasteiger partial charge in [0, 0.05) is 23.9 Å². The number of thioether (sulfide) groups is 1. The third kappa shape index (κ3) is 4.41. The number of aromatic hydroxyl groups is 1. The molecule has 0 bridgehead atoms. The number of carbonyl (C=O) groups excluding carboxylic acids is 3. The molecule has 0 radical (unpaired) electrons. The highest BCUT2D eigenvalue weighted by molar-refractivity contribution is 8.00. The van der Waals surface area contributed by atoms with Gasteiger partial charge in [-0.3, -0.25) is 23.7 Å². The molecule has 6 rings (SSSR count). The molecule has 2 saturated heterocycles. The third-order valence-electron chi connectivity index (χ3n) is 7.91. The highest BCUT2D eigenvalue weighted by atomic mass is 32.2. The van der Waals surface area contributed by atoms with E-state index in [1.54, 1.807) is 29.2 Å². The molecule has 0 saturated carbocycles. The Kier molecular flexibility index (Phi) is 6.95. The molecule has 40 heavy (non-hydrogen) atoms. The lowest BCUT2D eigenvalue weighted by molar-refractivity contribution is -0.133. The monoisotopic (exact) mass is 579 g/mol. The smallest absolute Gasteiger partial charge is 0.308 e. The third-order valence-corrected chi connectivity index (χ3v) is 10.5. The summed E-state index contributed by atoms with van der Waals surface area (Å²) in [5.41, 5.74) is 2.15. The largest absolute Gasteiger partial charge is 0.504 e. The number of hydrogen-bond acceptors (Lipinski definition) is 8. The van der Waals surface area contributed by atoms with Crippen LogP contribution in [0.1, 0.15) is 41.2 Å². The number of amides is 3. The van der Waals surface area contributed by atoms with Crippen LogP contribution in [-0.4, -0.2) is 57.7 Å². The summed E-state index contributed by atoms with van der Waals surface area (Å²) in [5, 5.41) is 10.0. The van der Waals surface area contributed by atoms with E-state index in [1.165, 1.54) is 34.4 Å². The fourth-order valence-corrected chi connectivity index (χ4v) is 8.60. The Balaban J connectivity index is 1.46. The standard InChI is InChI=1S/C29H29N3O6S2/c1-16-6-9-18(10-7-16)32-26(35)23-22(17-8-11-19(33)20(14-17)38-2)25-28(39-24(23)27(32)36)31(29(37)40-25)15-21(34)30-12-4-3-5-13-30/h6-11,14,22-24,33H,3-5,12-13,15H2,1-2H3/t22-,23+,24-/m0/s1. The lowest BCUT2D eigenvalue weighted by atomic mass is 9.83. The number of phenols is 1. The van der Waals surface area contributed by atoms with Crippen LogP contribution in [0, 0.1) is 12.8 Å². The van der Waals surface area contributed by atoms with Crippen molar-refractivity contribution in [2.45, 2.75) is 48.9 Å². The zero-order valence-electron chi connectivity index (χ0n) is 22.2. The van der Waals surface area contributed by atoms with Crippen LogP contribution in [0.4, 0.5) is 5.69 Å². The number of imide groups is 1. The second kappa shape index (κ2) is 10.4. The minimum atomic E-state index is -0.781. The summed E-state index contributed by atoms with van der Waals surface area (Å²) in [5.74, 6) is -2.04. The van der Waals surface area contributed by atoms with Gasteiger partial charge in [-0.1, -0.05) is 46.9 Å². The molecular weight excluding hydrogens is 550 g/mol. The van der Waals surface area contributed by atoms with E-state index in [2.05, 4.69) is 0 Å². The van der Waals surface area contributed by atoms with E-state index in [0.717, 1.165) is 36.2 Å². The van der Waals surface area contributed by atoms with Crippen LogP contribution in [-0.2, 0) is 20.9 Å². The number of piperidine rings is 1. The quantitative estimate of drug-likeness (QED) is 0.459. The molecule has 0 spiro atoms. The van der Waals surface area contributed by atoms with Gasteiger partial charge < -0.3 is 14.7 Å². The van der Waals surface area contributed by atoms with Crippen molar-refractivity contribution in [2.75, 3.05) is 25.1 Å². The summed E-state index contributed by atoms with van der Waals surface area (Å²) in [4.78, 5) is 57.7. The van der Waals surface area contributed by atoms with Crippen molar-refractivity contribution in [3.8, 4) is 11.5 Å². The summed E-state index contributed by atoms with van der Waals surface area (Å²) in [6.45, 7) is 3.17. The van der Waals surface area contributed by atoms with Gasteiger partial charge in [-0.05, 0) is 56.0 Å². The Morgan fingerprint density at radius 1 is 1.02 bits per heavy atom. The molecule has 3 aliphatic rings. The molecule has 0 unspecified atom stereocenters. The SMILES string of the molecule is COc1cc([C@@H]2c3sc(=O)n(CC(=O)N4CCCCC4)c3S[C@@H]3C(=O)N(c4ccc(C)cc4)C(=O)[C@H]23)ccc1O. The minimum Gasteiger partial charge on any atom is -0.504 e. The van der Waals surface area contributed by atoms with E-state index < -0.39 is 17.1 Å². The van der Waals surface area contributed by atoms with Crippen LogP contribution in [0.3, 0.4) is 0 Å². The molecule has 3 aromatic rings. The Hall–Kier alpha value is -3.57. The van der Waals surface area contributed by atoms with Crippen molar-refractivity contribution in [3.63, 3.8) is 0 Å². The zero-order chi connectivity index (χ0) is 28.1. The number of carbonyl (C=O) groups is 3. The Morgan fingerprint density at radius 2 is 1.75 bits per heavy atom. The molecule has 4 heterocycles. The molecule has 3 amide bonds. The fraction of sp³-hybridized carbons (Fsp3) is 0.379. The first kappa shape index (κ1) is 26.6. The number of benzene rings is 2. The highest BCUT2D eigenvalue weighted by Gasteiger charge is 2.57. The average Bonchev–Trinajstić information content (AvgIpc) is 3.40. The number of nitrogens with zero attached hydrogens (tertiary/aromatic N) is 3. The van der Waals surface area contributed by atoms with Crippen molar-refractivity contribution in [1.82, 2.24) is 9.47 Å². The number of methoxy groups -OCH3 is 1. The number of phenolic OH excluding ortho intramolecular Hbond substituents is 1. The van der Waals surface area contributed by atoms with Crippen LogP contribution in [0.5, 0.6) is 11.5 Å². The topological polar surface area (TPSA) is 109 Å². The van der Waals surface area contributed by atoms with E-state index >= 15 is 0 Å². The van der Waals surface area contributed by atoms with Gasteiger partial charge in [0.05, 0.1) is 23.7 Å². The second-order valence-electron chi connectivity index (χ2n) is 10.4. The molecule has 1 N–H and O–H groups in total. The maximum Gasteiger partial charge on any atom is 0.308 e. The number of rotatable bonds is 5. The van der Waals surface area contributed by atoms with Crippen molar-refractivity contribution in [1.29, 1.82) is 0 Å². The van der Waals surface area contributed by atoms with E-state index in [1.807, 2.05) is 19.1 Å². The van der Waals surface area contributed by atoms with Crippen LogP contribution >= 0.6 is 23.1 Å². The van der Waals surface area contributed by atoms with Gasteiger partial charge in [-0.25, -0.2) is 4.90 Å². The van der Waals surface area contributed by atoms with Crippen LogP contribution in [0.25, 0.3) is 0 Å². The van der Waals surface area contributed by atoms with Gasteiger partial charge in [0.15, 0.2) is 11.5 Å². The first-order chi connectivity index (χ1) is 19.3. The molecule has 1 aromatic heterocycles. The van der Waals surface area contributed by atoms with Gasteiger partial charge in [-0.15, -0.1) is 0 Å². The maximum absolute atomic E-state index is 14.0. The molecule has 2 aromatic carbocycles. The molecule has 11 heteroatoms. The predicted octanol–water partition coefficient (Wildman–Crippen LogP) is 3.74.